The molecule has 6 rings (SSSR count). The molecule has 3 saturated heterocycles. The number of ether oxygens (including phenoxy) is 9. The van der Waals surface area contributed by atoms with Crippen LogP contribution in [0, 0.1) is 11.8 Å². The molecule has 5 aliphatic rings. The van der Waals surface area contributed by atoms with Gasteiger partial charge in [-0.15, -0.1) is 0 Å². The molecule has 4 fully saturated rings. The van der Waals surface area contributed by atoms with E-state index < -0.39 is 122 Å². The van der Waals surface area contributed by atoms with Gasteiger partial charge in [0.2, 0.25) is 6.29 Å². The number of methoxy groups -OCH3 is 1. The Kier molecular flexibility index (Phi) is 10.8. The van der Waals surface area contributed by atoms with Crippen molar-refractivity contribution in [2.45, 2.75) is 99.4 Å². The summed E-state index contributed by atoms with van der Waals surface area (Å²) < 4.78 is 51.8. The lowest BCUT2D eigenvalue weighted by Crippen LogP contribution is -2.61. The molecule has 17 nitrogen and oxygen atoms in total. The van der Waals surface area contributed by atoms with Gasteiger partial charge in [-0.3, -0.25) is 4.79 Å². The quantitative estimate of drug-likeness (QED) is 0.0835. The molecule has 17 heteroatoms. The van der Waals surface area contributed by atoms with Crippen LogP contribution in [0.25, 0.3) is 6.08 Å². The standard InChI is InChI=1S/C33H42O17/c1-14-22(38)27(45-15(2)36)28(47-20(37)9-6-16-4-7-17(42-3)8-5-16)32(44-14)48-26-18-10-11-43-30(21(18)33(13-35)29(26)50-33)49-31-25(41)24(40)23(39)19(12-34)46-31/h4-11,14,18-19,21-32,34-35,38-41H,12-13H2,1-3H3. The first-order valence-electron chi connectivity index (χ1n) is 16.2. The van der Waals surface area contributed by atoms with E-state index in [0.717, 1.165) is 13.0 Å². The minimum Gasteiger partial charge on any atom is -0.497 e. The monoisotopic (exact) mass is 710 g/mol. The normalized spacial score (nSPS) is 43.4. The molecule has 4 heterocycles. The summed E-state index contributed by atoms with van der Waals surface area (Å²) in [5.41, 5.74) is -0.600. The number of hydrogen-bond donors (Lipinski definition) is 6. The summed E-state index contributed by atoms with van der Waals surface area (Å²) in [4.78, 5) is 25.2. The highest BCUT2D eigenvalue weighted by atomic mass is 16.8. The summed E-state index contributed by atoms with van der Waals surface area (Å²) in [6, 6.07) is 6.87. The van der Waals surface area contributed by atoms with Gasteiger partial charge in [-0.05, 0) is 36.8 Å². The molecular weight excluding hydrogens is 668 g/mol. The highest BCUT2D eigenvalue weighted by Crippen LogP contribution is 2.61. The Hall–Kier alpha value is -3.20. The van der Waals surface area contributed by atoms with Gasteiger partial charge in [-0.2, -0.15) is 0 Å². The molecule has 0 aromatic heterocycles. The lowest BCUT2D eigenvalue weighted by molar-refractivity contribution is -0.347. The Morgan fingerprint density at radius 1 is 0.880 bits per heavy atom. The van der Waals surface area contributed by atoms with Gasteiger partial charge in [-0.1, -0.05) is 12.1 Å². The van der Waals surface area contributed by atoms with Crippen molar-refractivity contribution < 1.29 is 82.9 Å². The van der Waals surface area contributed by atoms with Crippen molar-refractivity contribution in [3.05, 3.63) is 48.2 Å². The van der Waals surface area contributed by atoms with Gasteiger partial charge in [0, 0.05) is 18.9 Å². The number of epoxide rings is 1. The van der Waals surface area contributed by atoms with Crippen LogP contribution < -0.4 is 4.74 Å². The first kappa shape index (κ1) is 36.6. The number of rotatable bonds is 11. The van der Waals surface area contributed by atoms with E-state index in [1.807, 2.05) is 0 Å². The van der Waals surface area contributed by atoms with Crippen LogP contribution in [-0.4, -0.2) is 148 Å². The largest absolute Gasteiger partial charge is 0.497 e. The van der Waals surface area contributed by atoms with Crippen LogP contribution in [0.1, 0.15) is 19.4 Å². The third kappa shape index (κ3) is 6.88. The van der Waals surface area contributed by atoms with Gasteiger partial charge >= 0.3 is 11.9 Å². The molecule has 50 heavy (non-hydrogen) atoms. The molecule has 0 amide bonds. The molecule has 4 aliphatic heterocycles. The number of hydrogen-bond acceptors (Lipinski definition) is 17. The van der Waals surface area contributed by atoms with Gasteiger partial charge in [0.05, 0.1) is 44.7 Å². The SMILES string of the molecule is COc1ccc(C=CC(=O)OC2C(OC3C4C=COC(OC5OC(CO)C(O)C(O)C5O)C4C4(CO)OC34)OC(C)C(O)C2OC(C)=O)cc1. The van der Waals surface area contributed by atoms with Gasteiger partial charge in [-0.25, -0.2) is 4.79 Å². The van der Waals surface area contributed by atoms with Crippen LogP contribution >= 0.6 is 0 Å². The molecule has 276 valence electrons. The topological polar surface area (TPSA) is 242 Å². The van der Waals surface area contributed by atoms with Crippen LogP contribution in [0.15, 0.2) is 42.7 Å². The third-order valence-corrected chi connectivity index (χ3v) is 9.73. The Morgan fingerprint density at radius 3 is 2.28 bits per heavy atom. The summed E-state index contributed by atoms with van der Waals surface area (Å²) in [6.07, 6.45) is -11.7. The van der Waals surface area contributed by atoms with E-state index in [-0.39, 0.29) is 0 Å². The minimum absolute atomic E-state index is 0.504. The number of aliphatic hydroxyl groups excluding tert-OH is 6. The number of esters is 2. The zero-order valence-electron chi connectivity index (χ0n) is 27.4. The Morgan fingerprint density at radius 2 is 1.62 bits per heavy atom. The fourth-order valence-electron chi connectivity index (χ4n) is 7.06. The van der Waals surface area contributed by atoms with E-state index in [4.69, 9.17) is 42.6 Å². The highest BCUT2D eigenvalue weighted by Gasteiger charge is 2.77. The Balaban J connectivity index is 1.22. The zero-order chi connectivity index (χ0) is 35.9. The number of aliphatic hydroxyl groups is 6. The Labute approximate surface area is 286 Å². The van der Waals surface area contributed by atoms with Gasteiger partial charge in [0.15, 0.2) is 24.8 Å². The molecule has 1 aromatic carbocycles. The molecule has 16 atom stereocenters. The lowest BCUT2D eigenvalue weighted by Gasteiger charge is -2.44. The van der Waals surface area contributed by atoms with E-state index in [9.17, 15) is 40.2 Å². The fraction of sp³-hybridized carbons (Fsp3) is 0.636. The number of carbonyl (C=O) groups excluding carboxylic acids is 2. The number of carbonyl (C=O) groups is 2. The van der Waals surface area contributed by atoms with E-state index in [2.05, 4.69) is 0 Å². The smallest absolute Gasteiger partial charge is 0.331 e. The molecular formula is C33H42O17. The predicted molar refractivity (Wildman–Crippen MR) is 163 cm³/mol. The lowest BCUT2D eigenvalue weighted by atomic mass is 9.85. The second-order valence-corrected chi connectivity index (χ2v) is 12.8. The van der Waals surface area contributed by atoms with Crippen molar-refractivity contribution in [1.82, 2.24) is 0 Å². The third-order valence-electron chi connectivity index (χ3n) is 9.73. The average molecular weight is 711 g/mol. The van der Waals surface area contributed by atoms with Crippen molar-refractivity contribution in [3.63, 3.8) is 0 Å². The summed E-state index contributed by atoms with van der Waals surface area (Å²) in [7, 11) is 1.53. The first-order chi connectivity index (χ1) is 23.9. The second kappa shape index (κ2) is 14.8. The molecule has 0 spiro atoms. The summed E-state index contributed by atoms with van der Waals surface area (Å²) >= 11 is 0. The predicted octanol–water partition coefficient (Wildman–Crippen LogP) is -1.89. The molecule has 16 unspecified atom stereocenters. The van der Waals surface area contributed by atoms with Crippen LogP contribution in [0.4, 0.5) is 0 Å². The van der Waals surface area contributed by atoms with Crippen LogP contribution in [0.5, 0.6) is 5.75 Å². The second-order valence-electron chi connectivity index (χ2n) is 12.8. The molecule has 0 radical (unpaired) electrons. The molecule has 1 saturated carbocycles. The number of fused-ring (bicyclic) bond motifs is 3. The fourth-order valence-corrected chi connectivity index (χ4v) is 7.06. The maximum atomic E-state index is 13.1. The van der Waals surface area contributed by atoms with Gasteiger partial charge in [0.1, 0.15) is 48.0 Å². The maximum Gasteiger partial charge on any atom is 0.331 e. The number of benzene rings is 1. The average Bonchev–Trinajstić information content (AvgIpc) is 3.78. The van der Waals surface area contributed by atoms with Crippen molar-refractivity contribution in [2.24, 2.45) is 11.8 Å². The van der Waals surface area contributed by atoms with Crippen LogP contribution in [0.3, 0.4) is 0 Å². The van der Waals surface area contributed by atoms with Gasteiger partial charge in [0.25, 0.3) is 0 Å². The first-order valence-corrected chi connectivity index (χ1v) is 16.2. The van der Waals surface area contributed by atoms with E-state index in [1.165, 1.54) is 26.4 Å². The van der Waals surface area contributed by atoms with Crippen molar-refractivity contribution >= 4 is 18.0 Å². The van der Waals surface area contributed by atoms with Crippen molar-refractivity contribution in [1.29, 1.82) is 0 Å². The summed E-state index contributed by atoms with van der Waals surface area (Å²) in [5.74, 6) is -2.36. The van der Waals surface area contributed by atoms with E-state index in [0.29, 0.717) is 11.3 Å². The van der Waals surface area contributed by atoms with Crippen LogP contribution in [0.2, 0.25) is 0 Å². The zero-order valence-corrected chi connectivity index (χ0v) is 27.4. The minimum atomic E-state index is -1.72. The van der Waals surface area contributed by atoms with E-state index >= 15 is 0 Å². The molecule has 1 aromatic rings. The summed E-state index contributed by atoms with van der Waals surface area (Å²) in [6.45, 7) is 1.50. The van der Waals surface area contributed by atoms with Crippen molar-refractivity contribution in [2.75, 3.05) is 20.3 Å². The van der Waals surface area contributed by atoms with Gasteiger partial charge < -0.3 is 73.3 Å². The Bertz CT molecular complexity index is 1420. The van der Waals surface area contributed by atoms with Crippen LogP contribution in [-0.2, 0) is 47.5 Å². The van der Waals surface area contributed by atoms with Crippen molar-refractivity contribution in [3.8, 4) is 5.75 Å². The maximum absolute atomic E-state index is 13.1. The molecule has 6 N–H and O–H groups in total. The molecule has 0 bridgehead atoms. The summed E-state index contributed by atoms with van der Waals surface area (Å²) in [5, 5.41) is 62.1. The molecule has 1 aliphatic carbocycles. The van der Waals surface area contributed by atoms with E-state index in [1.54, 1.807) is 30.3 Å². The highest BCUT2D eigenvalue weighted by molar-refractivity contribution is 5.87.